The summed E-state index contributed by atoms with van der Waals surface area (Å²) < 4.78 is 0. The second-order valence-corrected chi connectivity index (χ2v) is 4.91. The van der Waals surface area contributed by atoms with E-state index < -0.39 is 5.97 Å². The molecule has 0 aliphatic carbocycles. The van der Waals surface area contributed by atoms with E-state index in [0.29, 0.717) is 5.56 Å². The molecule has 0 aromatic heterocycles. The third-order valence-electron chi connectivity index (χ3n) is 3.15. The Morgan fingerprint density at radius 1 is 0.727 bits per heavy atom. The average Bonchev–Trinajstić information content (AvgIpc) is 2.57. The fourth-order valence-electron chi connectivity index (χ4n) is 2.04. The van der Waals surface area contributed by atoms with Gasteiger partial charge in [-0.15, -0.1) is 0 Å². The molecule has 0 atom stereocenters. The molecule has 110 valence electrons. The molecule has 0 aliphatic rings. The number of aryl methyl sites for hydroxylation is 1. The van der Waals surface area contributed by atoms with Crippen LogP contribution in [-0.4, -0.2) is 11.1 Å². The number of carboxylic acids is 1. The third kappa shape index (κ3) is 4.60. The molecule has 0 radical (unpaired) electrons. The van der Waals surface area contributed by atoms with Crippen LogP contribution < -0.4 is 0 Å². The van der Waals surface area contributed by atoms with Gasteiger partial charge in [0.15, 0.2) is 0 Å². The van der Waals surface area contributed by atoms with Gasteiger partial charge in [0.05, 0.1) is 5.56 Å². The lowest BCUT2D eigenvalue weighted by Crippen LogP contribution is -1.93. The van der Waals surface area contributed by atoms with Crippen LogP contribution in [0.5, 0.6) is 0 Å². The second-order valence-electron chi connectivity index (χ2n) is 4.91. The van der Waals surface area contributed by atoms with Crippen LogP contribution in [0.3, 0.4) is 0 Å². The van der Waals surface area contributed by atoms with Gasteiger partial charge >= 0.3 is 5.97 Å². The smallest absolute Gasteiger partial charge is 0.335 e. The molecule has 0 saturated heterocycles. The number of hydrogen-bond donors (Lipinski definition) is 1. The van der Waals surface area contributed by atoms with Crippen LogP contribution in [-0.2, 0) is 0 Å². The van der Waals surface area contributed by atoms with Gasteiger partial charge in [-0.3, -0.25) is 0 Å². The number of aromatic carboxylic acids is 1. The van der Waals surface area contributed by atoms with Gasteiger partial charge in [0, 0.05) is 0 Å². The van der Waals surface area contributed by atoms with Gasteiger partial charge in [-0.1, -0.05) is 78.4 Å². The van der Waals surface area contributed by atoms with Crippen molar-refractivity contribution >= 4 is 5.97 Å². The molecule has 0 unspecified atom stereocenters. The van der Waals surface area contributed by atoms with Gasteiger partial charge in [0.2, 0.25) is 0 Å². The van der Waals surface area contributed by atoms with Crippen molar-refractivity contribution in [2.24, 2.45) is 0 Å². The molecule has 0 fully saturated rings. The zero-order valence-electron chi connectivity index (χ0n) is 12.4. The zero-order valence-corrected chi connectivity index (χ0v) is 12.4. The summed E-state index contributed by atoms with van der Waals surface area (Å²) in [5.74, 6) is -0.879. The lowest BCUT2D eigenvalue weighted by Gasteiger charge is -2.01. The van der Waals surface area contributed by atoms with Crippen molar-refractivity contribution < 1.29 is 9.90 Å². The lowest BCUT2D eigenvalue weighted by atomic mass is 10.0. The molecule has 0 aliphatic heterocycles. The Morgan fingerprint density at radius 3 is 1.77 bits per heavy atom. The molecule has 1 N–H and O–H groups in total. The highest BCUT2D eigenvalue weighted by molar-refractivity contribution is 5.87. The van der Waals surface area contributed by atoms with Gasteiger partial charge in [0.1, 0.15) is 0 Å². The number of carbonyl (C=O) groups is 1. The molecule has 0 amide bonds. The van der Waals surface area contributed by atoms with E-state index in [1.54, 1.807) is 30.3 Å². The van der Waals surface area contributed by atoms with Gasteiger partial charge < -0.3 is 5.11 Å². The monoisotopic (exact) mass is 290 g/mol. The maximum absolute atomic E-state index is 10.2. The molecular weight excluding hydrogens is 272 g/mol. The molecule has 3 rings (SSSR count). The Kier molecular flexibility index (Phi) is 5.50. The Hall–Kier alpha value is -2.87. The van der Waals surface area contributed by atoms with E-state index in [1.807, 2.05) is 6.07 Å². The number of benzene rings is 3. The lowest BCUT2D eigenvalue weighted by molar-refractivity contribution is 0.0697. The SMILES string of the molecule is Cc1cccc(-c2ccccc2)c1.O=C(O)c1ccccc1. The minimum absolute atomic E-state index is 0.331. The first kappa shape index (κ1) is 15.5. The Morgan fingerprint density at radius 2 is 1.27 bits per heavy atom. The van der Waals surface area contributed by atoms with Crippen molar-refractivity contribution in [2.45, 2.75) is 6.92 Å². The first-order valence-electron chi connectivity index (χ1n) is 7.07. The first-order valence-corrected chi connectivity index (χ1v) is 7.07. The van der Waals surface area contributed by atoms with E-state index in [9.17, 15) is 4.79 Å². The second kappa shape index (κ2) is 7.79. The van der Waals surface area contributed by atoms with Crippen LogP contribution in [0, 0.1) is 6.92 Å². The molecule has 0 spiro atoms. The number of carboxylic acid groups (broad SMARTS) is 1. The summed E-state index contributed by atoms with van der Waals surface area (Å²) in [5, 5.41) is 8.38. The quantitative estimate of drug-likeness (QED) is 0.717. The maximum atomic E-state index is 10.2. The highest BCUT2D eigenvalue weighted by Crippen LogP contribution is 2.19. The van der Waals surface area contributed by atoms with Gasteiger partial charge in [-0.05, 0) is 30.2 Å². The van der Waals surface area contributed by atoms with E-state index >= 15 is 0 Å². The highest BCUT2D eigenvalue weighted by atomic mass is 16.4. The maximum Gasteiger partial charge on any atom is 0.335 e. The van der Waals surface area contributed by atoms with Crippen molar-refractivity contribution in [1.29, 1.82) is 0 Å². The molecule has 2 nitrogen and oxygen atoms in total. The standard InChI is InChI=1S/C13H12.C7H6O2/c1-11-6-5-9-13(10-11)12-7-3-2-4-8-12;8-7(9)6-4-2-1-3-5-6/h2-10H,1H3;1-5H,(H,8,9). The topological polar surface area (TPSA) is 37.3 Å². The Bertz CT molecular complexity index is 719. The van der Waals surface area contributed by atoms with Crippen LogP contribution in [0.2, 0.25) is 0 Å². The summed E-state index contributed by atoms with van der Waals surface area (Å²) in [7, 11) is 0. The van der Waals surface area contributed by atoms with E-state index in [-0.39, 0.29) is 0 Å². The van der Waals surface area contributed by atoms with Crippen molar-refractivity contribution in [3.05, 3.63) is 96.1 Å². The summed E-state index contributed by atoms with van der Waals surface area (Å²) in [6, 6.07) is 27.3. The molecule has 0 bridgehead atoms. The van der Waals surface area contributed by atoms with Crippen LogP contribution >= 0.6 is 0 Å². The predicted octanol–water partition coefficient (Wildman–Crippen LogP) is 5.05. The third-order valence-corrected chi connectivity index (χ3v) is 3.15. The summed E-state index contributed by atoms with van der Waals surface area (Å²) in [6.45, 7) is 2.12. The Labute approximate surface area is 130 Å². The summed E-state index contributed by atoms with van der Waals surface area (Å²) in [5.41, 5.74) is 4.21. The van der Waals surface area contributed by atoms with Gasteiger partial charge in [-0.25, -0.2) is 4.79 Å². The molecule has 3 aromatic rings. The molecular formula is C20H18O2. The van der Waals surface area contributed by atoms with Crippen molar-refractivity contribution in [2.75, 3.05) is 0 Å². The zero-order chi connectivity index (χ0) is 15.8. The minimum Gasteiger partial charge on any atom is -0.478 e. The van der Waals surface area contributed by atoms with Crippen molar-refractivity contribution in [3.8, 4) is 11.1 Å². The van der Waals surface area contributed by atoms with Crippen LogP contribution in [0.15, 0.2) is 84.9 Å². The minimum atomic E-state index is -0.879. The molecule has 22 heavy (non-hydrogen) atoms. The summed E-state index contributed by atoms with van der Waals surface area (Å²) in [4.78, 5) is 10.2. The average molecular weight is 290 g/mol. The fraction of sp³-hybridized carbons (Fsp3) is 0.0500. The molecule has 0 saturated carbocycles. The van der Waals surface area contributed by atoms with E-state index in [2.05, 4.69) is 55.5 Å². The van der Waals surface area contributed by atoms with Crippen LogP contribution in [0.1, 0.15) is 15.9 Å². The van der Waals surface area contributed by atoms with Gasteiger partial charge in [0.25, 0.3) is 0 Å². The fourth-order valence-corrected chi connectivity index (χ4v) is 2.04. The van der Waals surface area contributed by atoms with Crippen LogP contribution in [0.4, 0.5) is 0 Å². The molecule has 2 heteroatoms. The molecule has 0 heterocycles. The van der Waals surface area contributed by atoms with E-state index in [0.717, 1.165) is 0 Å². The largest absolute Gasteiger partial charge is 0.478 e. The number of hydrogen-bond acceptors (Lipinski definition) is 1. The van der Waals surface area contributed by atoms with E-state index in [4.69, 9.17) is 5.11 Å². The van der Waals surface area contributed by atoms with Crippen molar-refractivity contribution in [1.82, 2.24) is 0 Å². The first-order chi connectivity index (χ1) is 10.7. The van der Waals surface area contributed by atoms with Crippen LogP contribution in [0.25, 0.3) is 11.1 Å². The highest BCUT2D eigenvalue weighted by Gasteiger charge is 1.96. The van der Waals surface area contributed by atoms with Gasteiger partial charge in [-0.2, -0.15) is 0 Å². The van der Waals surface area contributed by atoms with E-state index in [1.165, 1.54) is 16.7 Å². The normalized spacial score (nSPS) is 9.50. The predicted molar refractivity (Wildman–Crippen MR) is 90.0 cm³/mol. The Balaban J connectivity index is 0.000000172. The molecule has 3 aromatic carbocycles. The summed E-state index contributed by atoms with van der Waals surface area (Å²) >= 11 is 0. The summed E-state index contributed by atoms with van der Waals surface area (Å²) in [6.07, 6.45) is 0. The van der Waals surface area contributed by atoms with Crippen molar-refractivity contribution in [3.63, 3.8) is 0 Å². The number of rotatable bonds is 2.